The van der Waals surface area contributed by atoms with Crippen LogP contribution >= 0.6 is 0 Å². The molecule has 14 heteroatoms. The van der Waals surface area contributed by atoms with Crippen molar-refractivity contribution in [1.29, 1.82) is 0 Å². The van der Waals surface area contributed by atoms with Crippen LogP contribution in [0.3, 0.4) is 0 Å². The van der Waals surface area contributed by atoms with E-state index in [-0.39, 0.29) is 37.9 Å². The van der Waals surface area contributed by atoms with Crippen LogP contribution in [0, 0.1) is 5.92 Å². The maximum atomic E-state index is 13.4. The first kappa shape index (κ1) is 29.6. The van der Waals surface area contributed by atoms with Gasteiger partial charge in [0.15, 0.2) is 5.96 Å². The van der Waals surface area contributed by atoms with E-state index < -0.39 is 47.7 Å². The minimum absolute atomic E-state index is 0.0803. The van der Waals surface area contributed by atoms with Crippen molar-refractivity contribution >= 4 is 35.5 Å². The average molecular weight is 498 g/mol. The Morgan fingerprint density at radius 1 is 1.06 bits per heavy atom. The molecular formula is C21H39N9O5. The van der Waals surface area contributed by atoms with E-state index in [4.69, 9.17) is 22.9 Å². The summed E-state index contributed by atoms with van der Waals surface area (Å²) in [5, 5.41) is 7.73. The van der Waals surface area contributed by atoms with E-state index in [0.29, 0.717) is 32.2 Å². The molecule has 1 rings (SSSR count). The fourth-order valence-corrected chi connectivity index (χ4v) is 3.78. The Morgan fingerprint density at radius 3 is 2.31 bits per heavy atom. The zero-order valence-corrected chi connectivity index (χ0v) is 20.4. The zero-order chi connectivity index (χ0) is 26.5. The molecule has 0 bridgehead atoms. The van der Waals surface area contributed by atoms with Crippen molar-refractivity contribution < 1.29 is 24.0 Å². The van der Waals surface area contributed by atoms with Crippen LogP contribution < -0.4 is 38.9 Å². The van der Waals surface area contributed by atoms with Crippen molar-refractivity contribution in [3.8, 4) is 0 Å². The zero-order valence-electron chi connectivity index (χ0n) is 20.4. The number of rotatable bonds is 14. The quantitative estimate of drug-likeness (QED) is 0.0723. The van der Waals surface area contributed by atoms with Crippen LogP contribution in [0.25, 0.3) is 0 Å². The van der Waals surface area contributed by atoms with E-state index >= 15 is 0 Å². The summed E-state index contributed by atoms with van der Waals surface area (Å²) in [6, 6.07) is -2.65. The van der Waals surface area contributed by atoms with Gasteiger partial charge in [-0.05, 0) is 38.0 Å². The third kappa shape index (κ3) is 10.6. The fraction of sp³-hybridized carbons (Fsp3) is 0.714. The number of nitrogens with two attached hydrogens (primary N) is 4. The summed E-state index contributed by atoms with van der Waals surface area (Å²) in [5.74, 6) is -2.68. The topological polar surface area (TPSA) is 241 Å². The Labute approximate surface area is 205 Å². The summed E-state index contributed by atoms with van der Waals surface area (Å²) in [6.07, 6.45) is 1.91. The highest BCUT2D eigenvalue weighted by Gasteiger charge is 2.38. The summed E-state index contributed by atoms with van der Waals surface area (Å²) in [7, 11) is 0. The molecule has 0 aromatic carbocycles. The maximum absolute atomic E-state index is 13.4. The van der Waals surface area contributed by atoms with Gasteiger partial charge in [-0.2, -0.15) is 0 Å². The summed E-state index contributed by atoms with van der Waals surface area (Å²) in [4.78, 5) is 67.1. The SMILES string of the molecule is CC(C)C[C@H](NC(=O)CN)C(=O)N[C@@H](CCCN=C(N)N)C(=O)N1CCC[C@H]1C(=O)NCC(N)=O. The van der Waals surface area contributed by atoms with E-state index in [1.807, 2.05) is 13.8 Å². The van der Waals surface area contributed by atoms with Gasteiger partial charge in [-0.1, -0.05) is 13.8 Å². The molecule has 3 atom stereocenters. The van der Waals surface area contributed by atoms with Crippen molar-refractivity contribution in [3.05, 3.63) is 0 Å². The third-order valence-corrected chi connectivity index (χ3v) is 5.38. The predicted octanol–water partition coefficient (Wildman–Crippen LogP) is -3.39. The Bertz CT molecular complexity index is 798. The van der Waals surface area contributed by atoms with Gasteiger partial charge in [0.25, 0.3) is 0 Å². The van der Waals surface area contributed by atoms with Crippen LogP contribution in [0.5, 0.6) is 0 Å². The molecular weight excluding hydrogens is 458 g/mol. The van der Waals surface area contributed by atoms with E-state index in [2.05, 4.69) is 20.9 Å². The second kappa shape index (κ2) is 14.8. The minimum atomic E-state index is -0.981. The standard InChI is InChI=1S/C21H39N9O5/c1-12(2)9-14(28-17(32)10-22)18(33)29-13(5-3-7-26-21(24)25)20(35)30-8-4-6-15(30)19(34)27-11-16(23)31/h12-15H,3-11,22H2,1-2H3,(H2,23,31)(H,27,34)(H,28,32)(H,29,33)(H4,24,25,26)/t13-,14-,15-/m0/s1. The predicted molar refractivity (Wildman–Crippen MR) is 129 cm³/mol. The molecule has 35 heavy (non-hydrogen) atoms. The number of nitrogens with one attached hydrogen (secondary N) is 3. The first-order chi connectivity index (χ1) is 16.5. The third-order valence-electron chi connectivity index (χ3n) is 5.38. The maximum Gasteiger partial charge on any atom is 0.245 e. The lowest BCUT2D eigenvalue weighted by atomic mass is 10.0. The molecule has 1 saturated heterocycles. The summed E-state index contributed by atoms with van der Waals surface area (Å²) in [5.41, 5.74) is 21.2. The molecule has 198 valence electrons. The first-order valence-electron chi connectivity index (χ1n) is 11.7. The van der Waals surface area contributed by atoms with Crippen molar-refractivity contribution in [1.82, 2.24) is 20.9 Å². The monoisotopic (exact) mass is 497 g/mol. The number of guanidine groups is 1. The lowest BCUT2D eigenvalue weighted by Gasteiger charge is -2.30. The second-order valence-corrected chi connectivity index (χ2v) is 8.84. The van der Waals surface area contributed by atoms with Crippen LogP contribution in [0.15, 0.2) is 4.99 Å². The van der Waals surface area contributed by atoms with Crippen LogP contribution in [0.4, 0.5) is 0 Å². The van der Waals surface area contributed by atoms with Gasteiger partial charge in [0.1, 0.15) is 18.1 Å². The molecule has 5 amide bonds. The minimum Gasteiger partial charge on any atom is -0.370 e. The second-order valence-electron chi connectivity index (χ2n) is 8.84. The van der Waals surface area contributed by atoms with Crippen LogP contribution in [-0.4, -0.2) is 84.7 Å². The normalized spacial score (nSPS) is 16.8. The molecule has 1 heterocycles. The smallest absolute Gasteiger partial charge is 0.245 e. The number of hydrogen-bond donors (Lipinski definition) is 7. The van der Waals surface area contributed by atoms with Gasteiger partial charge in [0, 0.05) is 13.1 Å². The Hall–Kier alpha value is -3.42. The first-order valence-corrected chi connectivity index (χ1v) is 11.7. The van der Waals surface area contributed by atoms with E-state index in [0.717, 1.165) is 0 Å². The van der Waals surface area contributed by atoms with Gasteiger partial charge in [0.05, 0.1) is 13.1 Å². The van der Waals surface area contributed by atoms with Crippen LogP contribution in [-0.2, 0) is 24.0 Å². The number of hydrogen-bond acceptors (Lipinski definition) is 7. The number of likely N-dealkylation sites (tertiary alicyclic amines) is 1. The van der Waals surface area contributed by atoms with Crippen LogP contribution in [0.1, 0.15) is 46.0 Å². The van der Waals surface area contributed by atoms with Gasteiger partial charge < -0.3 is 43.8 Å². The molecule has 14 nitrogen and oxygen atoms in total. The summed E-state index contributed by atoms with van der Waals surface area (Å²) in [6.45, 7) is 3.72. The lowest BCUT2D eigenvalue weighted by Crippen LogP contribution is -2.57. The van der Waals surface area contributed by atoms with Gasteiger partial charge in [-0.3, -0.25) is 29.0 Å². The average Bonchev–Trinajstić information content (AvgIpc) is 3.27. The molecule has 0 aromatic rings. The van der Waals surface area contributed by atoms with Gasteiger partial charge >= 0.3 is 0 Å². The Balaban J connectivity index is 3.04. The van der Waals surface area contributed by atoms with Gasteiger partial charge in [0.2, 0.25) is 29.5 Å². The molecule has 1 aliphatic rings. The number of carbonyl (C=O) groups is 5. The van der Waals surface area contributed by atoms with Crippen molar-refractivity contribution in [2.45, 2.75) is 64.1 Å². The van der Waals surface area contributed by atoms with Gasteiger partial charge in [-0.25, -0.2) is 0 Å². The van der Waals surface area contributed by atoms with Crippen molar-refractivity contribution in [2.75, 3.05) is 26.2 Å². The highest BCUT2D eigenvalue weighted by Crippen LogP contribution is 2.20. The molecule has 1 aliphatic heterocycles. The highest BCUT2D eigenvalue weighted by molar-refractivity contribution is 5.95. The molecule has 0 unspecified atom stereocenters. The number of amides is 5. The molecule has 0 aliphatic carbocycles. The van der Waals surface area contributed by atoms with Crippen molar-refractivity contribution in [2.24, 2.45) is 33.8 Å². The highest BCUT2D eigenvalue weighted by atomic mass is 16.2. The Morgan fingerprint density at radius 2 is 1.74 bits per heavy atom. The lowest BCUT2D eigenvalue weighted by molar-refractivity contribution is -0.142. The van der Waals surface area contributed by atoms with E-state index in [9.17, 15) is 24.0 Å². The molecule has 0 spiro atoms. The Kier molecular flexibility index (Phi) is 12.5. The van der Waals surface area contributed by atoms with E-state index in [1.165, 1.54) is 4.90 Å². The summed E-state index contributed by atoms with van der Waals surface area (Å²) < 4.78 is 0. The van der Waals surface area contributed by atoms with E-state index in [1.54, 1.807) is 0 Å². The largest absolute Gasteiger partial charge is 0.370 e. The molecule has 0 saturated carbocycles. The number of carbonyl (C=O) groups excluding carboxylic acids is 5. The summed E-state index contributed by atoms with van der Waals surface area (Å²) >= 11 is 0. The number of primary amides is 1. The molecule has 1 fully saturated rings. The fourth-order valence-electron chi connectivity index (χ4n) is 3.78. The van der Waals surface area contributed by atoms with Gasteiger partial charge in [-0.15, -0.1) is 0 Å². The van der Waals surface area contributed by atoms with Crippen molar-refractivity contribution in [3.63, 3.8) is 0 Å². The van der Waals surface area contributed by atoms with Crippen LogP contribution in [0.2, 0.25) is 0 Å². The number of nitrogens with zero attached hydrogens (tertiary/aromatic N) is 2. The molecule has 0 aromatic heterocycles. The molecule has 11 N–H and O–H groups in total. The number of aliphatic imine (C=N–C) groups is 1. The molecule has 0 radical (unpaired) electrons.